The van der Waals surface area contributed by atoms with Crippen LogP contribution in [0.15, 0.2) is 34.1 Å². The molecule has 0 aliphatic carbocycles. The minimum atomic E-state index is 0.314. The number of furan rings is 1. The molecule has 4 aromatic rings. The first-order valence-corrected chi connectivity index (χ1v) is 11.0. The number of nitrogens with zero attached hydrogens (tertiary/aromatic N) is 3. The lowest BCUT2D eigenvalue weighted by Gasteiger charge is -2.21. The van der Waals surface area contributed by atoms with Crippen LogP contribution >= 0.6 is 11.3 Å². The molecule has 0 radical (unpaired) electrons. The van der Waals surface area contributed by atoms with Crippen molar-refractivity contribution < 1.29 is 9.15 Å². The normalized spacial score (nSPS) is 15.6. The van der Waals surface area contributed by atoms with Crippen LogP contribution in [0.5, 0.6) is 0 Å². The molecule has 0 bridgehead atoms. The summed E-state index contributed by atoms with van der Waals surface area (Å²) in [5.74, 6) is 2.37. The second-order valence-electron chi connectivity index (χ2n) is 7.78. The zero-order valence-corrected chi connectivity index (χ0v) is 17.5. The Balaban J connectivity index is 1.54. The van der Waals surface area contributed by atoms with Crippen LogP contribution in [0.25, 0.3) is 22.1 Å². The Hall–Kier alpha value is -2.51. The van der Waals surface area contributed by atoms with Crippen LogP contribution in [0, 0.1) is 0 Å². The van der Waals surface area contributed by atoms with Crippen LogP contribution in [0.3, 0.4) is 0 Å². The highest BCUT2D eigenvalue weighted by Crippen LogP contribution is 2.34. The second-order valence-corrected chi connectivity index (χ2v) is 8.67. The molecule has 6 nitrogen and oxygen atoms in total. The lowest BCUT2D eigenvalue weighted by Crippen LogP contribution is -2.17. The number of anilines is 1. The van der Waals surface area contributed by atoms with Gasteiger partial charge in [-0.1, -0.05) is 26.0 Å². The average Bonchev–Trinajstić information content (AvgIpc) is 3.37. The zero-order chi connectivity index (χ0) is 19.8. The molecule has 0 atom stereocenters. The van der Waals surface area contributed by atoms with E-state index >= 15 is 0 Å². The van der Waals surface area contributed by atoms with E-state index in [0.717, 1.165) is 64.9 Å². The molecule has 4 heterocycles. The minimum absolute atomic E-state index is 0.314. The van der Waals surface area contributed by atoms with Crippen molar-refractivity contribution >= 4 is 39.2 Å². The third-order valence-corrected chi connectivity index (χ3v) is 6.52. The first-order valence-electron chi connectivity index (χ1n) is 10.1. The summed E-state index contributed by atoms with van der Waals surface area (Å²) in [6, 6.07) is 8.03. The molecule has 5 rings (SSSR count). The van der Waals surface area contributed by atoms with Gasteiger partial charge in [0.25, 0.3) is 0 Å². The van der Waals surface area contributed by atoms with E-state index in [1.807, 2.05) is 18.2 Å². The fourth-order valence-corrected chi connectivity index (χ4v) is 4.54. The van der Waals surface area contributed by atoms with Gasteiger partial charge in [-0.2, -0.15) is 0 Å². The predicted molar refractivity (Wildman–Crippen MR) is 116 cm³/mol. The van der Waals surface area contributed by atoms with E-state index in [-0.39, 0.29) is 0 Å². The van der Waals surface area contributed by atoms with Gasteiger partial charge in [-0.25, -0.2) is 15.0 Å². The topological polar surface area (TPSA) is 73.1 Å². The molecule has 0 amide bonds. The number of para-hydroxylation sites is 1. The molecule has 1 fully saturated rings. The molecule has 1 aliphatic heterocycles. The van der Waals surface area contributed by atoms with Crippen LogP contribution < -0.4 is 5.32 Å². The van der Waals surface area contributed by atoms with Crippen molar-refractivity contribution in [1.29, 1.82) is 0 Å². The molecule has 7 heteroatoms. The van der Waals surface area contributed by atoms with Crippen molar-refractivity contribution in [3.8, 4) is 0 Å². The van der Waals surface area contributed by atoms with Gasteiger partial charge in [0.15, 0.2) is 11.4 Å². The van der Waals surface area contributed by atoms with Crippen LogP contribution in [-0.2, 0) is 11.3 Å². The van der Waals surface area contributed by atoms with Gasteiger partial charge in [0.1, 0.15) is 16.9 Å². The van der Waals surface area contributed by atoms with Gasteiger partial charge >= 0.3 is 0 Å². The van der Waals surface area contributed by atoms with E-state index < -0.39 is 0 Å². The number of rotatable bonds is 5. The summed E-state index contributed by atoms with van der Waals surface area (Å²) in [4.78, 5) is 14.5. The van der Waals surface area contributed by atoms with Gasteiger partial charge in [-0.05, 0) is 25.0 Å². The molecule has 3 aromatic heterocycles. The van der Waals surface area contributed by atoms with Crippen LogP contribution in [0.1, 0.15) is 55.1 Å². The Morgan fingerprint density at radius 2 is 1.97 bits per heavy atom. The Morgan fingerprint density at radius 3 is 2.76 bits per heavy atom. The first kappa shape index (κ1) is 18.5. The summed E-state index contributed by atoms with van der Waals surface area (Å²) in [5.41, 5.74) is 3.44. The van der Waals surface area contributed by atoms with Crippen LogP contribution in [-0.4, -0.2) is 28.2 Å². The quantitative estimate of drug-likeness (QED) is 0.472. The van der Waals surface area contributed by atoms with Crippen LogP contribution in [0.2, 0.25) is 0 Å². The number of benzene rings is 1. The number of hydrogen-bond acceptors (Lipinski definition) is 7. The Kier molecular flexibility index (Phi) is 4.93. The number of thiazole rings is 1. The van der Waals surface area contributed by atoms with E-state index in [2.05, 4.69) is 30.6 Å². The molecule has 1 aromatic carbocycles. The third-order valence-electron chi connectivity index (χ3n) is 5.32. The highest BCUT2D eigenvalue weighted by molar-refractivity contribution is 7.09. The highest BCUT2D eigenvalue weighted by Gasteiger charge is 2.23. The predicted octanol–water partition coefficient (Wildman–Crippen LogP) is 5.46. The van der Waals surface area contributed by atoms with Gasteiger partial charge in [0, 0.05) is 35.8 Å². The summed E-state index contributed by atoms with van der Waals surface area (Å²) < 4.78 is 11.7. The summed E-state index contributed by atoms with van der Waals surface area (Å²) in [6.45, 7) is 6.46. The molecule has 150 valence electrons. The number of aromatic nitrogens is 3. The summed E-state index contributed by atoms with van der Waals surface area (Å²) >= 11 is 1.70. The fraction of sp³-hybridized carbons (Fsp3) is 0.409. The van der Waals surface area contributed by atoms with E-state index in [9.17, 15) is 0 Å². The van der Waals surface area contributed by atoms with Gasteiger partial charge < -0.3 is 14.5 Å². The third kappa shape index (κ3) is 3.60. The second kappa shape index (κ2) is 7.72. The van der Waals surface area contributed by atoms with Gasteiger partial charge in [0.2, 0.25) is 0 Å². The van der Waals surface area contributed by atoms with Gasteiger partial charge in [0.05, 0.1) is 17.2 Å². The molecule has 1 aliphatic rings. The van der Waals surface area contributed by atoms with Crippen molar-refractivity contribution in [3.05, 3.63) is 46.2 Å². The maximum atomic E-state index is 6.13. The number of ether oxygens (including phenoxy) is 1. The van der Waals surface area contributed by atoms with Gasteiger partial charge in [-0.3, -0.25) is 0 Å². The smallest absolute Gasteiger partial charge is 0.196 e. The van der Waals surface area contributed by atoms with Crippen molar-refractivity contribution in [2.75, 3.05) is 18.5 Å². The van der Waals surface area contributed by atoms with Gasteiger partial charge in [-0.15, -0.1) is 11.3 Å². The van der Waals surface area contributed by atoms with E-state index in [4.69, 9.17) is 24.1 Å². The monoisotopic (exact) mass is 408 g/mol. The lowest BCUT2D eigenvalue weighted by molar-refractivity contribution is 0.0837. The zero-order valence-electron chi connectivity index (χ0n) is 16.6. The Labute approximate surface area is 173 Å². The Morgan fingerprint density at radius 1 is 1.14 bits per heavy atom. The molecule has 1 saturated heterocycles. The summed E-state index contributed by atoms with van der Waals surface area (Å²) in [7, 11) is 0. The number of fused-ring (bicyclic) bond motifs is 3. The van der Waals surface area contributed by atoms with Crippen LogP contribution in [0.4, 0.5) is 5.82 Å². The summed E-state index contributed by atoms with van der Waals surface area (Å²) in [5, 5.41) is 7.75. The van der Waals surface area contributed by atoms with Crippen molar-refractivity contribution in [1.82, 2.24) is 15.0 Å². The average molecular weight is 409 g/mol. The molecule has 29 heavy (non-hydrogen) atoms. The summed E-state index contributed by atoms with van der Waals surface area (Å²) in [6.07, 6.45) is 1.90. The molecule has 1 N–H and O–H groups in total. The highest BCUT2D eigenvalue weighted by atomic mass is 32.1. The standard InChI is InChI=1S/C22H24N4O2S/c1-13(2)22-24-15(12-29-22)11-23-21-19-18(16-5-3-4-6-17(16)28-19)25-20(26-21)14-7-9-27-10-8-14/h3-6,12-14H,7-11H2,1-2H3,(H,23,25,26). The largest absolute Gasteiger partial charge is 0.450 e. The van der Waals surface area contributed by atoms with E-state index in [1.54, 1.807) is 11.3 Å². The van der Waals surface area contributed by atoms with Crippen molar-refractivity contribution in [2.24, 2.45) is 0 Å². The molecule has 0 spiro atoms. The molecular formula is C22H24N4O2S. The first-order chi connectivity index (χ1) is 14.2. The van der Waals surface area contributed by atoms with Crippen molar-refractivity contribution in [3.63, 3.8) is 0 Å². The molecule has 0 saturated carbocycles. The number of hydrogen-bond donors (Lipinski definition) is 1. The fourth-order valence-electron chi connectivity index (χ4n) is 3.71. The van der Waals surface area contributed by atoms with Crippen molar-refractivity contribution in [2.45, 2.75) is 45.1 Å². The maximum absolute atomic E-state index is 6.13. The minimum Gasteiger partial charge on any atom is -0.450 e. The SMILES string of the molecule is CC(C)c1nc(CNc2nc(C3CCOCC3)nc3c2oc2ccccc23)cs1. The van der Waals surface area contributed by atoms with E-state index in [0.29, 0.717) is 24.0 Å². The maximum Gasteiger partial charge on any atom is 0.196 e. The number of nitrogens with one attached hydrogen (secondary N) is 1. The molecule has 0 unspecified atom stereocenters. The van der Waals surface area contributed by atoms with E-state index in [1.165, 1.54) is 0 Å². The Bertz CT molecular complexity index is 1140. The molecular weight excluding hydrogens is 384 g/mol. The lowest BCUT2D eigenvalue weighted by atomic mass is 9.99.